The Morgan fingerprint density at radius 1 is 1.19 bits per heavy atom. The number of amides is 1. The van der Waals surface area contributed by atoms with Crippen LogP contribution >= 0.6 is 0 Å². The Bertz CT molecular complexity index is 808. The summed E-state index contributed by atoms with van der Waals surface area (Å²) < 4.78 is 32.2. The van der Waals surface area contributed by atoms with Crippen LogP contribution in [0.2, 0.25) is 0 Å². The van der Waals surface area contributed by atoms with Crippen molar-refractivity contribution in [2.24, 2.45) is 0 Å². The van der Waals surface area contributed by atoms with E-state index in [-0.39, 0.29) is 12.3 Å². The van der Waals surface area contributed by atoms with Crippen LogP contribution in [-0.2, 0) is 27.1 Å². The number of rotatable bonds is 9. The molecule has 2 N–H and O–H groups in total. The molecule has 1 amide bonds. The average Bonchev–Trinajstić information content (AvgIpc) is 2.61. The van der Waals surface area contributed by atoms with E-state index in [9.17, 15) is 13.2 Å². The van der Waals surface area contributed by atoms with Gasteiger partial charge < -0.3 is 10.1 Å². The number of ether oxygens (including phenoxy) is 1. The molecule has 0 aliphatic heterocycles. The minimum atomic E-state index is -3.65. The number of carbonyl (C=O) groups excluding carboxylic acids is 1. The lowest BCUT2D eigenvalue weighted by atomic mass is 10.2. The fourth-order valence-electron chi connectivity index (χ4n) is 2.27. The molecule has 1 aromatic heterocycles. The van der Waals surface area contributed by atoms with Crippen LogP contribution in [0.5, 0.6) is 5.75 Å². The first-order valence-corrected chi connectivity index (χ1v) is 9.94. The van der Waals surface area contributed by atoms with Crippen LogP contribution in [0.3, 0.4) is 0 Å². The van der Waals surface area contributed by atoms with Gasteiger partial charge in [-0.05, 0) is 43.7 Å². The first kappa shape index (κ1) is 19.9. The fourth-order valence-corrected chi connectivity index (χ4v) is 3.63. The van der Waals surface area contributed by atoms with Gasteiger partial charge in [-0.15, -0.1) is 0 Å². The van der Waals surface area contributed by atoms with E-state index in [0.717, 1.165) is 0 Å². The minimum absolute atomic E-state index is 0.211. The largest absolute Gasteiger partial charge is 0.494 e. The van der Waals surface area contributed by atoms with Crippen molar-refractivity contribution in [2.45, 2.75) is 32.2 Å². The lowest BCUT2D eigenvalue weighted by Gasteiger charge is -2.14. The molecule has 2 aromatic rings. The molecule has 7 nitrogen and oxygen atoms in total. The molecule has 0 saturated carbocycles. The highest BCUT2D eigenvalue weighted by Crippen LogP contribution is 2.14. The number of aromatic nitrogens is 1. The normalized spacial score (nSPS) is 12.4. The Kier molecular flexibility index (Phi) is 7.11. The van der Waals surface area contributed by atoms with Gasteiger partial charge in [0.15, 0.2) is 0 Å². The monoisotopic (exact) mass is 377 g/mol. The maximum atomic E-state index is 12.3. The second-order valence-electron chi connectivity index (χ2n) is 5.71. The standard InChI is InChI=1S/C18H23N3O4S/c1-3-25-17-9-7-15(8-10-17)13-26(23,24)21-14(2)18(22)20-12-16-6-4-5-11-19-16/h4-11,14,21H,3,12-13H2,1-2H3,(H,20,22). The third-order valence-corrected chi connectivity index (χ3v) is 4.94. The topological polar surface area (TPSA) is 97.4 Å². The molecule has 140 valence electrons. The SMILES string of the molecule is CCOc1ccc(CS(=O)(=O)NC(C)C(=O)NCc2ccccn2)cc1. The van der Waals surface area contributed by atoms with Crippen LogP contribution < -0.4 is 14.8 Å². The zero-order chi connectivity index (χ0) is 19.0. The van der Waals surface area contributed by atoms with Gasteiger partial charge in [0.05, 0.1) is 30.6 Å². The van der Waals surface area contributed by atoms with Gasteiger partial charge >= 0.3 is 0 Å². The van der Waals surface area contributed by atoms with Gasteiger partial charge in [-0.2, -0.15) is 0 Å². The zero-order valence-electron chi connectivity index (χ0n) is 14.8. The molecule has 1 unspecified atom stereocenters. The quantitative estimate of drug-likeness (QED) is 0.692. The number of hydrogen-bond donors (Lipinski definition) is 2. The molecule has 0 bridgehead atoms. The predicted octanol–water partition coefficient (Wildman–Crippen LogP) is 1.60. The second-order valence-corrected chi connectivity index (χ2v) is 7.47. The van der Waals surface area contributed by atoms with E-state index in [0.29, 0.717) is 23.6 Å². The van der Waals surface area contributed by atoms with Crippen molar-refractivity contribution in [3.05, 3.63) is 59.9 Å². The molecular weight excluding hydrogens is 354 g/mol. The number of carbonyl (C=O) groups is 1. The maximum absolute atomic E-state index is 12.3. The molecular formula is C18H23N3O4S. The van der Waals surface area contributed by atoms with Crippen molar-refractivity contribution in [3.8, 4) is 5.75 Å². The summed E-state index contributed by atoms with van der Waals surface area (Å²) in [7, 11) is -3.65. The van der Waals surface area contributed by atoms with Gasteiger partial charge in [0.25, 0.3) is 0 Å². The molecule has 0 spiro atoms. The van der Waals surface area contributed by atoms with Crippen molar-refractivity contribution in [1.82, 2.24) is 15.0 Å². The molecule has 1 aromatic carbocycles. The van der Waals surface area contributed by atoms with Crippen molar-refractivity contribution in [2.75, 3.05) is 6.61 Å². The summed E-state index contributed by atoms with van der Waals surface area (Å²) in [5, 5.41) is 2.66. The highest BCUT2D eigenvalue weighted by atomic mass is 32.2. The van der Waals surface area contributed by atoms with Crippen molar-refractivity contribution in [3.63, 3.8) is 0 Å². The number of pyridine rings is 1. The molecule has 8 heteroatoms. The number of nitrogens with one attached hydrogen (secondary N) is 2. The number of benzene rings is 1. The van der Waals surface area contributed by atoms with Crippen LogP contribution in [0.15, 0.2) is 48.7 Å². The number of nitrogens with zero attached hydrogens (tertiary/aromatic N) is 1. The summed E-state index contributed by atoms with van der Waals surface area (Å²) in [6.07, 6.45) is 1.63. The van der Waals surface area contributed by atoms with E-state index in [4.69, 9.17) is 4.74 Å². The molecule has 0 aliphatic rings. The summed E-state index contributed by atoms with van der Waals surface area (Å²) in [4.78, 5) is 16.2. The van der Waals surface area contributed by atoms with E-state index in [1.165, 1.54) is 6.92 Å². The minimum Gasteiger partial charge on any atom is -0.494 e. The summed E-state index contributed by atoms with van der Waals surface area (Å²) in [6, 6.07) is 11.3. The third kappa shape index (κ3) is 6.45. The predicted molar refractivity (Wildman–Crippen MR) is 98.9 cm³/mol. The van der Waals surface area contributed by atoms with Crippen molar-refractivity contribution < 1.29 is 17.9 Å². The Hall–Kier alpha value is -2.45. The maximum Gasteiger partial charge on any atom is 0.238 e. The summed E-state index contributed by atoms with van der Waals surface area (Å²) in [5.41, 5.74) is 1.31. The van der Waals surface area contributed by atoms with Gasteiger partial charge in [0.1, 0.15) is 5.75 Å². The van der Waals surface area contributed by atoms with Crippen LogP contribution in [0.1, 0.15) is 25.1 Å². The lowest BCUT2D eigenvalue weighted by Crippen LogP contribution is -2.44. The highest BCUT2D eigenvalue weighted by molar-refractivity contribution is 7.88. The van der Waals surface area contributed by atoms with Crippen LogP contribution in [0, 0.1) is 0 Å². The summed E-state index contributed by atoms with van der Waals surface area (Å²) in [5.74, 6) is 0.0619. The third-order valence-electron chi connectivity index (χ3n) is 3.51. The summed E-state index contributed by atoms with van der Waals surface area (Å²) >= 11 is 0. The molecule has 0 aliphatic carbocycles. The highest BCUT2D eigenvalue weighted by Gasteiger charge is 2.20. The summed E-state index contributed by atoms with van der Waals surface area (Å²) in [6.45, 7) is 4.17. The second kappa shape index (κ2) is 9.30. The Morgan fingerprint density at radius 3 is 2.54 bits per heavy atom. The molecule has 1 atom stereocenters. The molecule has 1 heterocycles. The molecule has 0 radical (unpaired) electrons. The number of hydrogen-bond acceptors (Lipinski definition) is 5. The van der Waals surface area contributed by atoms with Crippen LogP contribution in [0.4, 0.5) is 0 Å². The van der Waals surface area contributed by atoms with Gasteiger partial charge in [-0.3, -0.25) is 9.78 Å². The molecule has 26 heavy (non-hydrogen) atoms. The van der Waals surface area contributed by atoms with E-state index in [1.54, 1.807) is 42.6 Å². The molecule has 0 fully saturated rings. The molecule has 2 rings (SSSR count). The molecule has 0 saturated heterocycles. The zero-order valence-corrected chi connectivity index (χ0v) is 15.6. The van der Waals surface area contributed by atoms with Crippen molar-refractivity contribution >= 4 is 15.9 Å². The Labute approximate surface area is 153 Å². The van der Waals surface area contributed by atoms with Crippen LogP contribution in [0.25, 0.3) is 0 Å². The van der Waals surface area contributed by atoms with Gasteiger partial charge in [0, 0.05) is 6.20 Å². The first-order valence-electron chi connectivity index (χ1n) is 8.29. The smallest absolute Gasteiger partial charge is 0.238 e. The fraction of sp³-hybridized carbons (Fsp3) is 0.333. The van der Waals surface area contributed by atoms with E-state index < -0.39 is 22.0 Å². The van der Waals surface area contributed by atoms with Gasteiger partial charge in [0.2, 0.25) is 15.9 Å². The van der Waals surface area contributed by atoms with Crippen molar-refractivity contribution in [1.29, 1.82) is 0 Å². The van der Waals surface area contributed by atoms with Gasteiger partial charge in [-0.25, -0.2) is 13.1 Å². The van der Waals surface area contributed by atoms with E-state index >= 15 is 0 Å². The van der Waals surface area contributed by atoms with E-state index in [1.807, 2.05) is 13.0 Å². The Balaban J connectivity index is 1.87. The lowest BCUT2D eigenvalue weighted by molar-refractivity contribution is -0.122. The number of sulfonamides is 1. The average molecular weight is 377 g/mol. The first-order chi connectivity index (χ1) is 12.4. The Morgan fingerprint density at radius 2 is 1.92 bits per heavy atom. The van der Waals surface area contributed by atoms with Crippen LogP contribution in [-0.4, -0.2) is 32.0 Å². The van der Waals surface area contributed by atoms with E-state index in [2.05, 4.69) is 15.0 Å². The van der Waals surface area contributed by atoms with Gasteiger partial charge in [-0.1, -0.05) is 18.2 Å².